The Morgan fingerprint density at radius 2 is 1.76 bits per heavy atom. The maximum absolute atomic E-state index is 12.2. The molecule has 2 N–H and O–H groups in total. The van der Waals surface area contributed by atoms with E-state index in [1.54, 1.807) is 22.4 Å². The summed E-state index contributed by atoms with van der Waals surface area (Å²) in [6.45, 7) is 2.70. The Morgan fingerprint density at radius 3 is 2.40 bits per heavy atom. The summed E-state index contributed by atoms with van der Waals surface area (Å²) in [7, 11) is 0. The second kappa shape index (κ2) is 9.58. The van der Waals surface area contributed by atoms with E-state index in [-0.39, 0.29) is 24.9 Å². The highest BCUT2D eigenvalue weighted by atomic mass is 32.1. The Balaban J connectivity index is 1.74. The molecule has 1 heterocycles. The summed E-state index contributed by atoms with van der Waals surface area (Å²) in [5.41, 5.74) is 1.03. The molecule has 0 saturated carbocycles. The van der Waals surface area contributed by atoms with E-state index >= 15 is 0 Å². The van der Waals surface area contributed by atoms with Crippen LogP contribution in [0.5, 0.6) is 0 Å². The van der Waals surface area contributed by atoms with Gasteiger partial charge in [-0.1, -0.05) is 36.4 Å². The Morgan fingerprint density at radius 1 is 1.00 bits per heavy atom. The van der Waals surface area contributed by atoms with Crippen LogP contribution in [0.25, 0.3) is 0 Å². The molecule has 0 radical (unpaired) electrons. The predicted molar refractivity (Wildman–Crippen MR) is 97.2 cm³/mol. The van der Waals surface area contributed by atoms with Crippen LogP contribution in [0.2, 0.25) is 0 Å². The molecule has 2 rings (SSSR count). The van der Waals surface area contributed by atoms with Crippen LogP contribution in [-0.4, -0.2) is 42.3 Å². The molecule has 1 aromatic carbocycles. The molecule has 7 heteroatoms. The van der Waals surface area contributed by atoms with Crippen LogP contribution in [0.3, 0.4) is 0 Å². The molecule has 0 bridgehead atoms. The minimum absolute atomic E-state index is 0.0889. The van der Waals surface area contributed by atoms with Gasteiger partial charge < -0.3 is 15.5 Å². The van der Waals surface area contributed by atoms with Gasteiger partial charge in [0, 0.05) is 13.1 Å². The summed E-state index contributed by atoms with van der Waals surface area (Å²) >= 11 is 1.30. The van der Waals surface area contributed by atoms with Crippen molar-refractivity contribution in [3.63, 3.8) is 0 Å². The molecule has 6 nitrogen and oxygen atoms in total. The zero-order chi connectivity index (χ0) is 18.1. The van der Waals surface area contributed by atoms with Gasteiger partial charge in [0.15, 0.2) is 0 Å². The number of carbonyl (C=O) groups is 3. The van der Waals surface area contributed by atoms with Gasteiger partial charge in [0.05, 0.1) is 18.0 Å². The van der Waals surface area contributed by atoms with Gasteiger partial charge >= 0.3 is 0 Å². The fourth-order valence-electron chi connectivity index (χ4n) is 2.18. The zero-order valence-electron chi connectivity index (χ0n) is 14.0. The molecule has 0 aliphatic rings. The van der Waals surface area contributed by atoms with Crippen LogP contribution in [0.15, 0.2) is 47.8 Å². The molecular weight excluding hydrogens is 338 g/mol. The first-order valence-electron chi connectivity index (χ1n) is 8.00. The second-order valence-corrected chi connectivity index (χ2v) is 6.28. The molecular formula is C18H21N3O3S. The molecule has 0 atom stereocenters. The van der Waals surface area contributed by atoms with Crippen molar-refractivity contribution in [2.24, 2.45) is 0 Å². The van der Waals surface area contributed by atoms with Gasteiger partial charge in [0.1, 0.15) is 0 Å². The smallest absolute Gasteiger partial charge is 0.261 e. The minimum Gasteiger partial charge on any atom is -0.345 e. The number of thiophene rings is 1. The molecule has 3 amide bonds. The van der Waals surface area contributed by atoms with Gasteiger partial charge in [0.25, 0.3) is 5.91 Å². The van der Waals surface area contributed by atoms with E-state index in [1.165, 1.54) is 11.3 Å². The molecule has 25 heavy (non-hydrogen) atoms. The minimum atomic E-state index is -0.394. The Kier molecular flexibility index (Phi) is 7.16. The van der Waals surface area contributed by atoms with E-state index in [2.05, 4.69) is 10.6 Å². The number of amides is 3. The number of nitrogens with one attached hydrogen (secondary N) is 2. The van der Waals surface area contributed by atoms with Crippen molar-refractivity contribution in [3.8, 4) is 0 Å². The quantitative estimate of drug-likeness (QED) is 0.752. The maximum atomic E-state index is 12.2. The largest absolute Gasteiger partial charge is 0.345 e. The lowest BCUT2D eigenvalue weighted by Crippen LogP contribution is -2.43. The lowest BCUT2D eigenvalue weighted by atomic mass is 10.2. The fraction of sp³-hybridized carbons (Fsp3) is 0.278. The summed E-state index contributed by atoms with van der Waals surface area (Å²) in [5.74, 6) is -0.853. The number of likely N-dealkylation sites (N-methyl/N-ethyl adjacent to an activating group) is 1. The number of benzene rings is 1. The topological polar surface area (TPSA) is 78.5 Å². The summed E-state index contributed by atoms with van der Waals surface area (Å²) in [6, 6.07) is 13.1. The number of nitrogens with zero attached hydrogens (tertiary/aromatic N) is 1. The van der Waals surface area contributed by atoms with Crippen molar-refractivity contribution < 1.29 is 14.4 Å². The van der Waals surface area contributed by atoms with Crippen LogP contribution in [0.4, 0.5) is 0 Å². The van der Waals surface area contributed by atoms with Crippen molar-refractivity contribution >= 4 is 29.1 Å². The number of carbonyl (C=O) groups excluding carboxylic acids is 3. The van der Waals surface area contributed by atoms with E-state index < -0.39 is 5.91 Å². The highest BCUT2D eigenvalue weighted by Gasteiger charge is 2.14. The molecule has 2 aromatic rings. The molecule has 0 spiro atoms. The van der Waals surface area contributed by atoms with Crippen LogP contribution in [0, 0.1) is 0 Å². The predicted octanol–water partition coefficient (Wildman–Crippen LogP) is 1.64. The van der Waals surface area contributed by atoms with E-state index in [0.29, 0.717) is 18.0 Å². The van der Waals surface area contributed by atoms with Gasteiger partial charge in [-0.3, -0.25) is 14.4 Å². The van der Waals surface area contributed by atoms with Crippen molar-refractivity contribution in [3.05, 3.63) is 58.3 Å². The highest BCUT2D eigenvalue weighted by Crippen LogP contribution is 2.07. The van der Waals surface area contributed by atoms with Crippen LogP contribution in [0.1, 0.15) is 22.2 Å². The van der Waals surface area contributed by atoms with E-state index in [1.807, 2.05) is 37.3 Å². The molecule has 1 aromatic heterocycles. The average Bonchev–Trinajstić information content (AvgIpc) is 3.17. The second-order valence-electron chi connectivity index (χ2n) is 5.33. The Labute approximate surface area is 150 Å². The maximum Gasteiger partial charge on any atom is 0.261 e. The van der Waals surface area contributed by atoms with Crippen LogP contribution in [-0.2, 0) is 16.1 Å². The lowest BCUT2D eigenvalue weighted by molar-refractivity contribution is -0.133. The monoisotopic (exact) mass is 359 g/mol. The van der Waals surface area contributed by atoms with Gasteiger partial charge in [0.2, 0.25) is 11.8 Å². The molecule has 0 fully saturated rings. The third kappa shape index (κ3) is 6.04. The molecule has 0 saturated heterocycles. The van der Waals surface area contributed by atoms with Crippen molar-refractivity contribution in [2.45, 2.75) is 13.5 Å². The summed E-state index contributed by atoms with van der Waals surface area (Å²) in [6.07, 6.45) is 0. The van der Waals surface area contributed by atoms with Crippen molar-refractivity contribution in [1.29, 1.82) is 0 Å². The first-order chi connectivity index (χ1) is 12.1. The van der Waals surface area contributed by atoms with Crippen molar-refractivity contribution in [2.75, 3.05) is 19.6 Å². The standard InChI is InChI=1S/C18H21N3O3S/c1-2-21(13-14-7-4-3-5-8-14)17(23)12-19-16(22)11-20-18(24)15-9-6-10-25-15/h3-10H,2,11-13H2,1H3,(H,19,22)(H,20,24). The summed E-state index contributed by atoms with van der Waals surface area (Å²) in [4.78, 5) is 38.0. The van der Waals surface area contributed by atoms with Gasteiger partial charge in [-0.15, -0.1) is 11.3 Å². The highest BCUT2D eigenvalue weighted by molar-refractivity contribution is 7.12. The molecule has 0 aliphatic carbocycles. The SMILES string of the molecule is CCN(Cc1ccccc1)C(=O)CNC(=O)CNC(=O)c1cccs1. The van der Waals surface area contributed by atoms with Crippen LogP contribution < -0.4 is 10.6 Å². The van der Waals surface area contributed by atoms with E-state index in [4.69, 9.17) is 0 Å². The van der Waals surface area contributed by atoms with Crippen molar-refractivity contribution in [1.82, 2.24) is 15.5 Å². The van der Waals surface area contributed by atoms with Crippen LogP contribution >= 0.6 is 11.3 Å². The van der Waals surface area contributed by atoms with E-state index in [0.717, 1.165) is 5.56 Å². The van der Waals surface area contributed by atoms with E-state index in [9.17, 15) is 14.4 Å². The Hall–Kier alpha value is -2.67. The first-order valence-corrected chi connectivity index (χ1v) is 8.88. The number of rotatable bonds is 8. The third-order valence-electron chi connectivity index (χ3n) is 3.54. The average molecular weight is 359 g/mol. The third-order valence-corrected chi connectivity index (χ3v) is 4.41. The normalized spacial score (nSPS) is 10.1. The van der Waals surface area contributed by atoms with Gasteiger partial charge in [-0.2, -0.15) is 0 Å². The summed E-state index contributed by atoms with van der Waals surface area (Å²) in [5, 5.41) is 6.86. The Bertz CT molecular complexity index is 702. The van der Waals surface area contributed by atoms with Gasteiger partial charge in [-0.25, -0.2) is 0 Å². The number of hydrogen-bond acceptors (Lipinski definition) is 4. The molecule has 132 valence electrons. The summed E-state index contributed by atoms with van der Waals surface area (Å²) < 4.78 is 0. The first kappa shape index (κ1) is 18.7. The van der Waals surface area contributed by atoms with Gasteiger partial charge in [-0.05, 0) is 23.9 Å². The lowest BCUT2D eigenvalue weighted by Gasteiger charge is -2.21. The fourth-order valence-corrected chi connectivity index (χ4v) is 2.82. The zero-order valence-corrected chi connectivity index (χ0v) is 14.8. The molecule has 0 unspecified atom stereocenters. The molecule has 0 aliphatic heterocycles. The number of hydrogen-bond donors (Lipinski definition) is 2.